The van der Waals surface area contributed by atoms with Crippen molar-refractivity contribution in [3.63, 3.8) is 0 Å². The molecule has 1 aromatic heterocycles. The summed E-state index contributed by atoms with van der Waals surface area (Å²) in [5.74, 6) is -0.145. The molecule has 1 aliphatic heterocycles. The van der Waals surface area contributed by atoms with E-state index in [4.69, 9.17) is 4.74 Å². The highest BCUT2D eigenvalue weighted by atomic mass is 19.1. The fourth-order valence-electron chi connectivity index (χ4n) is 2.34. The van der Waals surface area contributed by atoms with E-state index >= 15 is 0 Å². The maximum absolute atomic E-state index is 13.2. The first-order valence-electron chi connectivity index (χ1n) is 6.82. The molecule has 0 saturated carbocycles. The Morgan fingerprint density at radius 2 is 2.23 bits per heavy atom. The van der Waals surface area contributed by atoms with Crippen LogP contribution in [0.15, 0.2) is 47.8 Å². The van der Waals surface area contributed by atoms with Crippen LogP contribution in [-0.4, -0.2) is 35.3 Å². The summed E-state index contributed by atoms with van der Waals surface area (Å²) in [5.41, 5.74) is 1.85. The number of pyridine rings is 1. The van der Waals surface area contributed by atoms with Gasteiger partial charge in [-0.2, -0.15) is 5.10 Å². The smallest absolute Gasteiger partial charge is 0.274 e. The summed E-state index contributed by atoms with van der Waals surface area (Å²) in [5, 5.41) is 5.69. The molecule has 0 atom stereocenters. The van der Waals surface area contributed by atoms with E-state index in [2.05, 4.69) is 10.1 Å². The highest BCUT2D eigenvalue weighted by Crippen LogP contribution is 2.23. The van der Waals surface area contributed by atoms with Gasteiger partial charge >= 0.3 is 0 Å². The average Bonchev–Trinajstić information content (AvgIpc) is 3.04. The van der Waals surface area contributed by atoms with Crippen molar-refractivity contribution in [1.29, 1.82) is 0 Å². The van der Waals surface area contributed by atoms with Crippen molar-refractivity contribution in [3.8, 4) is 5.75 Å². The van der Waals surface area contributed by atoms with E-state index in [-0.39, 0.29) is 11.5 Å². The quantitative estimate of drug-likeness (QED) is 0.875. The predicted molar refractivity (Wildman–Crippen MR) is 79.4 cm³/mol. The molecule has 1 aliphatic rings. The first-order chi connectivity index (χ1) is 10.7. The number of rotatable bonds is 3. The van der Waals surface area contributed by atoms with Gasteiger partial charge in [0.1, 0.15) is 11.6 Å². The summed E-state index contributed by atoms with van der Waals surface area (Å²) in [4.78, 5) is 16.3. The predicted octanol–water partition coefficient (Wildman–Crippen LogP) is 2.48. The number of hydrogen-bond donors (Lipinski definition) is 0. The Morgan fingerprint density at radius 1 is 1.36 bits per heavy atom. The van der Waals surface area contributed by atoms with Gasteiger partial charge < -0.3 is 4.74 Å². The third-order valence-electron chi connectivity index (χ3n) is 3.42. The zero-order valence-corrected chi connectivity index (χ0v) is 12.0. The molecule has 22 heavy (non-hydrogen) atoms. The number of ether oxygens (including phenoxy) is 1. The number of benzene rings is 1. The molecule has 1 amide bonds. The molecule has 2 heterocycles. The molecule has 112 valence electrons. The fourth-order valence-corrected chi connectivity index (χ4v) is 2.34. The molecular weight excluding hydrogens is 285 g/mol. The molecule has 2 aromatic rings. The SMILES string of the molecule is COc1cnccc1C1=NN(C(=O)c2cccc(F)c2)CC1. The van der Waals surface area contributed by atoms with Crippen LogP contribution in [0.2, 0.25) is 0 Å². The Labute approximate surface area is 127 Å². The summed E-state index contributed by atoms with van der Waals surface area (Å²) in [7, 11) is 1.56. The van der Waals surface area contributed by atoms with Crippen LogP contribution in [-0.2, 0) is 0 Å². The van der Waals surface area contributed by atoms with E-state index in [0.717, 1.165) is 11.3 Å². The van der Waals surface area contributed by atoms with E-state index in [1.165, 1.54) is 23.2 Å². The number of methoxy groups -OCH3 is 1. The number of hydrazone groups is 1. The Bertz CT molecular complexity index is 746. The minimum absolute atomic E-state index is 0.284. The first kappa shape index (κ1) is 14.2. The van der Waals surface area contributed by atoms with Gasteiger partial charge in [-0.05, 0) is 24.3 Å². The maximum Gasteiger partial charge on any atom is 0.274 e. The van der Waals surface area contributed by atoms with Crippen LogP contribution in [0.3, 0.4) is 0 Å². The minimum Gasteiger partial charge on any atom is -0.494 e. The Kier molecular flexibility index (Phi) is 3.82. The van der Waals surface area contributed by atoms with Gasteiger partial charge in [-0.15, -0.1) is 0 Å². The molecule has 0 saturated heterocycles. The molecule has 0 spiro atoms. The van der Waals surface area contributed by atoms with Crippen molar-refractivity contribution in [2.24, 2.45) is 5.10 Å². The van der Waals surface area contributed by atoms with Crippen molar-refractivity contribution in [3.05, 3.63) is 59.7 Å². The molecular formula is C16H14FN3O2. The third-order valence-corrected chi connectivity index (χ3v) is 3.42. The number of halogens is 1. The molecule has 3 rings (SSSR count). The molecule has 0 radical (unpaired) electrons. The molecule has 0 unspecified atom stereocenters. The number of carbonyl (C=O) groups is 1. The van der Waals surface area contributed by atoms with Gasteiger partial charge in [0.05, 0.1) is 25.6 Å². The highest BCUT2D eigenvalue weighted by molar-refractivity contribution is 6.05. The largest absolute Gasteiger partial charge is 0.494 e. The van der Waals surface area contributed by atoms with Crippen LogP contribution >= 0.6 is 0 Å². The fraction of sp³-hybridized carbons (Fsp3) is 0.188. The summed E-state index contributed by atoms with van der Waals surface area (Å²) in [6, 6.07) is 7.40. The second-order valence-corrected chi connectivity index (χ2v) is 4.81. The van der Waals surface area contributed by atoms with Gasteiger partial charge in [-0.25, -0.2) is 9.40 Å². The van der Waals surface area contributed by atoms with Crippen LogP contribution in [0.1, 0.15) is 22.3 Å². The van der Waals surface area contributed by atoms with E-state index in [9.17, 15) is 9.18 Å². The van der Waals surface area contributed by atoms with E-state index in [1.54, 1.807) is 31.6 Å². The second kappa shape index (κ2) is 5.93. The topological polar surface area (TPSA) is 54.8 Å². The van der Waals surface area contributed by atoms with Crippen molar-refractivity contribution in [2.75, 3.05) is 13.7 Å². The van der Waals surface area contributed by atoms with Gasteiger partial charge in [0.25, 0.3) is 5.91 Å². The van der Waals surface area contributed by atoms with E-state index < -0.39 is 5.82 Å². The standard InChI is InChI=1S/C16H14FN3O2/c1-22-15-10-18-7-5-13(15)14-6-8-20(19-14)16(21)11-3-2-4-12(17)9-11/h2-5,7,9-10H,6,8H2,1H3. The molecule has 1 aromatic carbocycles. The van der Waals surface area contributed by atoms with Crippen molar-refractivity contribution in [2.45, 2.75) is 6.42 Å². The average molecular weight is 299 g/mol. The summed E-state index contributed by atoms with van der Waals surface area (Å²) in [6.07, 6.45) is 3.87. The number of hydrogen-bond acceptors (Lipinski definition) is 4. The number of aromatic nitrogens is 1. The Hall–Kier alpha value is -2.76. The van der Waals surface area contributed by atoms with Gasteiger partial charge in [-0.3, -0.25) is 9.78 Å². The Morgan fingerprint density at radius 3 is 3.00 bits per heavy atom. The monoisotopic (exact) mass is 299 g/mol. The molecule has 0 bridgehead atoms. The summed E-state index contributed by atoms with van der Waals surface area (Å²) < 4.78 is 18.5. The van der Waals surface area contributed by atoms with Crippen LogP contribution in [0.25, 0.3) is 0 Å². The van der Waals surface area contributed by atoms with Gasteiger partial charge in [0.2, 0.25) is 0 Å². The van der Waals surface area contributed by atoms with E-state index in [1.807, 2.05) is 0 Å². The van der Waals surface area contributed by atoms with Gasteiger partial charge in [0, 0.05) is 23.7 Å². The zero-order chi connectivity index (χ0) is 15.5. The highest BCUT2D eigenvalue weighted by Gasteiger charge is 2.24. The van der Waals surface area contributed by atoms with Crippen molar-refractivity contribution >= 4 is 11.6 Å². The molecule has 0 fully saturated rings. The lowest BCUT2D eigenvalue weighted by molar-refractivity contribution is 0.0778. The Balaban J connectivity index is 1.86. The number of amides is 1. The molecule has 6 heteroatoms. The van der Waals surface area contributed by atoms with Crippen molar-refractivity contribution < 1.29 is 13.9 Å². The zero-order valence-electron chi connectivity index (χ0n) is 12.0. The van der Waals surface area contributed by atoms with Gasteiger partial charge in [0.15, 0.2) is 0 Å². The molecule has 0 aliphatic carbocycles. The van der Waals surface area contributed by atoms with Crippen LogP contribution in [0.5, 0.6) is 5.75 Å². The maximum atomic E-state index is 13.2. The van der Waals surface area contributed by atoms with Crippen molar-refractivity contribution in [1.82, 2.24) is 9.99 Å². The lowest BCUT2D eigenvalue weighted by Crippen LogP contribution is -2.23. The van der Waals surface area contributed by atoms with Crippen LogP contribution in [0.4, 0.5) is 4.39 Å². The minimum atomic E-state index is -0.440. The van der Waals surface area contributed by atoms with E-state index in [0.29, 0.717) is 18.7 Å². The third kappa shape index (κ3) is 2.67. The van der Waals surface area contributed by atoms with Gasteiger partial charge in [-0.1, -0.05) is 6.07 Å². The summed E-state index contributed by atoms with van der Waals surface area (Å²) >= 11 is 0. The second-order valence-electron chi connectivity index (χ2n) is 4.81. The molecule has 5 nitrogen and oxygen atoms in total. The lowest BCUT2D eigenvalue weighted by Gasteiger charge is -2.11. The first-order valence-corrected chi connectivity index (χ1v) is 6.82. The molecule has 0 N–H and O–H groups in total. The van der Waals surface area contributed by atoms with Crippen LogP contribution < -0.4 is 4.74 Å². The number of nitrogens with zero attached hydrogens (tertiary/aromatic N) is 3. The number of carbonyl (C=O) groups excluding carboxylic acids is 1. The normalized spacial score (nSPS) is 13.9. The summed E-state index contributed by atoms with van der Waals surface area (Å²) in [6.45, 7) is 0.455. The van der Waals surface area contributed by atoms with Crippen LogP contribution in [0, 0.1) is 5.82 Å². The lowest BCUT2D eigenvalue weighted by atomic mass is 10.1.